The quantitative estimate of drug-likeness (QED) is 0.490. The van der Waals surface area contributed by atoms with Crippen LogP contribution in [0.2, 0.25) is 0 Å². The molecule has 1 aliphatic rings. The minimum absolute atomic E-state index is 0.136. The second-order valence-corrected chi connectivity index (χ2v) is 8.71. The summed E-state index contributed by atoms with van der Waals surface area (Å²) in [7, 11) is 0. The third-order valence-electron chi connectivity index (χ3n) is 6.23. The standard InChI is InChI=1S/C26H32N6O3/c1-4-35-26(34)20-9-8-10-21(17-20)27-25(33)14-11-22-18(2)30-32(19(22)3)24-13-12-23(28-29-24)31-15-6-5-7-16-31/h8-10,12-13,17H,4-7,11,14-16H2,1-3H3,(H,27,33). The maximum atomic E-state index is 12.6. The van der Waals surface area contributed by atoms with Gasteiger partial charge in [0.15, 0.2) is 11.6 Å². The molecule has 0 atom stereocenters. The van der Waals surface area contributed by atoms with Crippen molar-refractivity contribution in [1.29, 1.82) is 0 Å². The van der Waals surface area contributed by atoms with Crippen molar-refractivity contribution in [2.45, 2.75) is 52.9 Å². The number of hydrogen-bond acceptors (Lipinski definition) is 7. The number of rotatable bonds is 8. The van der Waals surface area contributed by atoms with Crippen LogP contribution < -0.4 is 10.2 Å². The highest BCUT2D eigenvalue weighted by Crippen LogP contribution is 2.21. The number of hydrogen-bond donors (Lipinski definition) is 1. The van der Waals surface area contributed by atoms with Crippen LogP contribution in [0.15, 0.2) is 36.4 Å². The first-order valence-electron chi connectivity index (χ1n) is 12.2. The van der Waals surface area contributed by atoms with Crippen LogP contribution >= 0.6 is 0 Å². The van der Waals surface area contributed by atoms with Gasteiger partial charge in [-0.05, 0) is 82.3 Å². The summed E-state index contributed by atoms with van der Waals surface area (Å²) in [5.41, 5.74) is 3.79. The van der Waals surface area contributed by atoms with Crippen LogP contribution in [0.5, 0.6) is 0 Å². The van der Waals surface area contributed by atoms with Gasteiger partial charge in [0.2, 0.25) is 5.91 Å². The number of aromatic nitrogens is 4. The first kappa shape index (κ1) is 24.4. The molecule has 1 N–H and O–H groups in total. The number of ether oxygens (including phenoxy) is 1. The highest BCUT2D eigenvalue weighted by molar-refractivity contribution is 5.94. The lowest BCUT2D eigenvalue weighted by Gasteiger charge is -2.27. The Kier molecular flexibility index (Phi) is 7.74. The average molecular weight is 477 g/mol. The van der Waals surface area contributed by atoms with Crippen LogP contribution in [-0.4, -0.2) is 51.6 Å². The van der Waals surface area contributed by atoms with Gasteiger partial charge in [0.25, 0.3) is 0 Å². The van der Waals surface area contributed by atoms with Crippen molar-refractivity contribution in [3.63, 3.8) is 0 Å². The second kappa shape index (κ2) is 11.1. The van der Waals surface area contributed by atoms with E-state index in [1.165, 1.54) is 19.3 Å². The molecule has 9 nitrogen and oxygen atoms in total. The lowest BCUT2D eigenvalue weighted by Crippen LogP contribution is -2.30. The maximum Gasteiger partial charge on any atom is 0.338 e. The molecule has 1 amide bonds. The van der Waals surface area contributed by atoms with Gasteiger partial charge in [0, 0.05) is 30.9 Å². The van der Waals surface area contributed by atoms with Crippen molar-refractivity contribution in [3.8, 4) is 5.82 Å². The molecule has 9 heteroatoms. The summed E-state index contributed by atoms with van der Waals surface area (Å²) in [6.07, 6.45) is 4.48. The Balaban J connectivity index is 1.39. The molecule has 0 aliphatic carbocycles. The van der Waals surface area contributed by atoms with E-state index in [0.29, 0.717) is 30.1 Å². The fourth-order valence-electron chi connectivity index (χ4n) is 4.38. The molecule has 1 aliphatic heterocycles. The third-order valence-corrected chi connectivity index (χ3v) is 6.23. The van der Waals surface area contributed by atoms with Gasteiger partial charge >= 0.3 is 5.97 Å². The van der Waals surface area contributed by atoms with Crippen LogP contribution in [0.1, 0.15) is 59.9 Å². The average Bonchev–Trinajstić information content (AvgIpc) is 3.16. The molecule has 35 heavy (non-hydrogen) atoms. The number of nitrogens with one attached hydrogen (secondary N) is 1. The molecule has 3 heterocycles. The van der Waals surface area contributed by atoms with E-state index in [-0.39, 0.29) is 12.3 Å². The van der Waals surface area contributed by atoms with E-state index in [0.717, 1.165) is 35.9 Å². The zero-order valence-electron chi connectivity index (χ0n) is 20.6. The molecule has 184 valence electrons. The van der Waals surface area contributed by atoms with Crippen LogP contribution in [0, 0.1) is 13.8 Å². The predicted octanol–water partition coefficient (Wildman–Crippen LogP) is 4.02. The zero-order chi connectivity index (χ0) is 24.8. The van der Waals surface area contributed by atoms with Crippen LogP contribution in [-0.2, 0) is 16.0 Å². The Hall–Kier alpha value is -3.75. The summed E-state index contributed by atoms with van der Waals surface area (Å²) in [4.78, 5) is 26.8. The lowest BCUT2D eigenvalue weighted by atomic mass is 10.1. The van der Waals surface area contributed by atoms with Crippen molar-refractivity contribution in [2.75, 3.05) is 29.9 Å². The van der Waals surface area contributed by atoms with Crippen molar-refractivity contribution in [3.05, 3.63) is 58.9 Å². The van der Waals surface area contributed by atoms with E-state index >= 15 is 0 Å². The van der Waals surface area contributed by atoms with Crippen LogP contribution in [0.4, 0.5) is 11.5 Å². The Morgan fingerprint density at radius 2 is 1.77 bits per heavy atom. The van der Waals surface area contributed by atoms with Crippen molar-refractivity contribution in [2.24, 2.45) is 0 Å². The van der Waals surface area contributed by atoms with Gasteiger partial charge in [0.05, 0.1) is 17.9 Å². The molecular formula is C26H32N6O3. The second-order valence-electron chi connectivity index (χ2n) is 8.71. The molecular weight excluding hydrogens is 444 g/mol. The van der Waals surface area contributed by atoms with E-state index < -0.39 is 5.97 Å². The fraction of sp³-hybridized carbons (Fsp3) is 0.423. The molecule has 0 radical (unpaired) electrons. The largest absolute Gasteiger partial charge is 0.462 e. The monoisotopic (exact) mass is 476 g/mol. The fourth-order valence-corrected chi connectivity index (χ4v) is 4.38. The number of piperidine rings is 1. The number of amides is 1. The van der Waals surface area contributed by atoms with Gasteiger partial charge in [-0.3, -0.25) is 4.79 Å². The summed E-state index contributed by atoms with van der Waals surface area (Å²) in [5, 5.41) is 16.4. The first-order chi connectivity index (χ1) is 17.0. The first-order valence-corrected chi connectivity index (χ1v) is 12.2. The number of nitrogens with zero attached hydrogens (tertiary/aromatic N) is 5. The zero-order valence-corrected chi connectivity index (χ0v) is 20.6. The molecule has 2 aromatic heterocycles. The van der Waals surface area contributed by atoms with E-state index in [1.807, 2.05) is 26.0 Å². The van der Waals surface area contributed by atoms with Gasteiger partial charge in [-0.15, -0.1) is 10.2 Å². The van der Waals surface area contributed by atoms with Crippen molar-refractivity contribution in [1.82, 2.24) is 20.0 Å². The highest BCUT2D eigenvalue weighted by atomic mass is 16.5. The normalized spacial score (nSPS) is 13.5. The number of esters is 1. The number of carbonyl (C=O) groups is 2. The van der Waals surface area contributed by atoms with Gasteiger partial charge in [-0.2, -0.15) is 5.10 Å². The molecule has 1 fully saturated rings. The predicted molar refractivity (Wildman–Crippen MR) is 134 cm³/mol. The van der Waals surface area contributed by atoms with E-state index in [2.05, 4.69) is 25.5 Å². The van der Waals surface area contributed by atoms with Crippen molar-refractivity contribution >= 4 is 23.4 Å². The molecule has 0 bridgehead atoms. The van der Waals surface area contributed by atoms with Gasteiger partial charge < -0.3 is 15.0 Å². The Morgan fingerprint density at radius 1 is 1.03 bits per heavy atom. The molecule has 0 unspecified atom stereocenters. The Bertz CT molecular complexity index is 1180. The van der Waals surface area contributed by atoms with Crippen molar-refractivity contribution < 1.29 is 14.3 Å². The topological polar surface area (TPSA) is 102 Å². The summed E-state index contributed by atoms with van der Waals surface area (Å²) in [5.74, 6) is 1.02. The molecule has 3 aromatic rings. The minimum Gasteiger partial charge on any atom is -0.462 e. The molecule has 0 spiro atoms. The molecule has 1 saturated heterocycles. The Labute approximate surface area is 205 Å². The molecule has 4 rings (SSSR count). The van der Waals surface area contributed by atoms with E-state index in [1.54, 1.807) is 35.9 Å². The third kappa shape index (κ3) is 5.85. The van der Waals surface area contributed by atoms with Gasteiger partial charge in [-0.25, -0.2) is 9.48 Å². The summed E-state index contributed by atoms with van der Waals surface area (Å²) in [6.45, 7) is 8.02. The van der Waals surface area contributed by atoms with Crippen LogP contribution in [0.25, 0.3) is 5.82 Å². The maximum absolute atomic E-state index is 12.6. The van der Waals surface area contributed by atoms with Crippen LogP contribution in [0.3, 0.4) is 0 Å². The summed E-state index contributed by atoms with van der Waals surface area (Å²) < 4.78 is 6.81. The number of benzene rings is 1. The Morgan fingerprint density at radius 3 is 2.49 bits per heavy atom. The molecule has 1 aromatic carbocycles. The smallest absolute Gasteiger partial charge is 0.338 e. The highest BCUT2D eigenvalue weighted by Gasteiger charge is 2.17. The van der Waals surface area contributed by atoms with Gasteiger partial charge in [0.1, 0.15) is 0 Å². The summed E-state index contributed by atoms with van der Waals surface area (Å²) >= 11 is 0. The van der Waals surface area contributed by atoms with Gasteiger partial charge in [-0.1, -0.05) is 6.07 Å². The number of carbonyl (C=O) groups excluding carboxylic acids is 2. The summed E-state index contributed by atoms with van der Waals surface area (Å²) in [6, 6.07) is 10.7. The SMILES string of the molecule is CCOC(=O)c1cccc(NC(=O)CCc2c(C)nn(-c3ccc(N4CCCCC4)nn3)c2C)c1. The molecule has 0 saturated carbocycles. The van der Waals surface area contributed by atoms with E-state index in [9.17, 15) is 9.59 Å². The lowest BCUT2D eigenvalue weighted by molar-refractivity contribution is -0.116. The number of anilines is 2. The number of aryl methyl sites for hydroxylation is 1. The minimum atomic E-state index is -0.408. The van der Waals surface area contributed by atoms with E-state index in [4.69, 9.17) is 4.74 Å².